The van der Waals surface area contributed by atoms with Crippen molar-refractivity contribution in [2.75, 3.05) is 0 Å². The Balaban J connectivity index is 1.72. The third kappa shape index (κ3) is 6.74. The van der Waals surface area contributed by atoms with E-state index in [4.69, 9.17) is 4.98 Å². The maximum atomic E-state index is 12.5. The van der Waals surface area contributed by atoms with Gasteiger partial charge in [0.15, 0.2) is 0 Å². The van der Waals surface area contributed by atoms with Crippen molar-refractivity contribution in [2.24, 2.45) is 17.8 Å². The molecule has 43 heavy (non-hydrogen) atoms. The summed E-state index contributed by atoms with van der Waals surface area (Å²) in [6.07, 6.45) is 5.99. The monoisotopic (exact) mass is 593 g/mol. The maximum absolute atomic E-state index is 12.5. The van der Waals surface area contributed by atoms with Gasteiger partial charge in [-0.3, -0.25) is 14.4 Å². The van der Waals surface area contributed by atoms with Gasteiger partial charge in [-0.1, -0.05) is 44.1 Å². The minimum Gasteiger partial charge on any atom is -0.657 e. The predicted octanol–water partition coefficient (Wildman–Crippen LogP) is 4.21. The lowest BCUT2D eigenvalue weighted by molar-refractivity contribution is -0.138. The van der Waals surface area contributed by atoms with Crippen molar-refractivity contribution in [1.82, 2.24) is 20.9 Å². The van der Waals surface area contributed by atoms with Crippen LogP contribution in [0.3, 0.4) is 0 Å². The van der Waals surface area contributed by atoms with Crippen LogP contribution in [0.2, 0.25) is 0 Å². The number of amides is 1. The van der Waals surface area contributed by atoms with Crippen LogP contribution in [0.1, 0.15) is 95.7 Å². The third-order valence-electron chi connectivity index (χ3n) is 9.50. The van der Waals surface area contributed by atoms with Gasteiger partial charge in [-0.25, -0.2) is 0 Å². The molecule has 1 aromatic rings. The molecule has 1 saturated heterocycles. The number of carbonyl (C=O) groups excluding carboxylic acids is 1. The Hall–Kier alpha value is -3.79. The summed E-state index contributed by atoms with van der Waals surface area (Å²) in [6.45, 7) is 12.0. The van der Waals surface area contributed by atoms with Crippen molar-refractivity contribution >= 4 is 30.0 Å². The summed E-state index contributed by atoms with van der Waals surface area (Å²) in [6, 6.07) is -0.133. The van der Waals surface area contributed by atoms with Crippen LogP contribution in [-0.4, -0.2) is 45.4 Å². The molecule has 1 fully saturated rings. The van der Waals surface area contributed by atoms with Crippen LogP contribution < -0.4 is 20.9 Å². The summed E-state index contributed by atoms with van der Waals surface area (Å²) < 4.78 is 0. The second kappa shape index (κ2) is 13.2. The van der Waals surface area contributed by atoms with Crippen LogP contribution in [0.25, 0.3) is 12.2 Å². The van der Waals surface area contributed by atoms with Crippen LogP contribution in [0, 0.1) is 24.7 Å². The number of carboxylic acids is 2. The van der Waals surface area contributed by atoms with Crippen LogP contribution in [0.15, 0.2) is 33.8 Å². The molecule has 10 heteroatoms. The molecule has 3 aliphatic heterocycles. The molecule has 0 spiro atoms. The van der Waals surface area contributed by atoms with Crippen molar-refractivity contribution in [2.45, 2.75) is 98.8 Å². The molecule has 1 amide bonds. The highest BCUT2D eigenvalue weighted by Gasteiger charge is 2.34. The number of aromatic nitrogens is 1. The Morgan fingerprint density at radius 2 is 1.63 bits per heavy atom. The highest BCUT2D eigenvalue weighted by Crippen LogP contribution is 2.38. The van der Waals surface area contributed by atoms with Crippen LogP contribution in [0.5, 0.6) is 0 Å². The number of carboxylic acid groups (broad SMARTS) is 2. The van der Waals surface area contributed by atoms with Crippen molar-refractivity contribution < 1.29 is 29.7 Å². The van der Waals surface area contributed by atoms with Crippen LogP contribution in [-0.2, 0) is 20.8 Å². The molecule has 0 radical (unpaired) electrons. The van der Waals surface area contributed by atoms with Crippen molar-refractivity contribution in [3.8, 4) is 0 Å². The Morgan fingerprint density at radius 1 is 0.953 bits per heavy atom. The van der Waals surface area contributed by atoms with E-state index in [1.165, 1.54) is 0 Å². The van der Waals surface area contributed by atoms with E-state index in [2.05, 4.69) is 22.9 Å². The largest absolute Gasteiger partial charge is 0.657 e. The Bertz CT molecular complexity index is 1410. The summed E-state index contributed by atoms with van der Waals surface area (Å²) >= 11 is 0. The Kier molecular flexibility index (Phi) is 9.89. The fourth-order valence-electron chi connectivity index (χ4n) is 6.77. The van der Waals surface area contributed by atoms with E-state index in [1.54, 1.807) is 0 Å². The molecule has 3 unspecified atom stereocenters. The molecule has 10 nitrogen and oxygen atoms in total. The van der Waals surface area contributed by atoms with E-state index >= 15 is 0 Å². The SMILES string of the molecule is CCC1=C(C)C(CC2=C(C)C(CCC(=O)O)/C(=C/c3[n-]c(/C=C4\NC(O)[C@H](C)[C@H]4CC)c(C)c3CCC(=O)O)N2)NC1=O. The molecule has 1 aromatic heterocycles. The molecular formula is C33H45N4O6-. The fourth-order valence-corrected chi connectivity index (χ4v) is 6.77. The Labute approximate surface area is 253 Å². The lowest BCUT2D eigenvalue weighted by Crippen LogP contribution is -2.30. The number of carbonyl (C=O) groups is 3. The van der Waals surface area contributed by atoms with Crippen molar-refractivity contribution in [1.29, 1.82) is 0 Å². The average molecular weight is 594 g/mol. The minimum atomic E-state index is -0.897. The zero-order valence-corrected chi connectivity index (χ0v) is 26.0. The van der Waals surface area contributed by atoms with Crippen molar-refractivity contribution in [3.63, 3.8) is 0 Å². The number of allylic oxidation sites excluding steroid dienone is 2. The number of hydrogen-bond donors (Lipinski definition) is 6. The van der Waals surface area contributed by atoms with Crippen LogP contribution >= 0.6 is 0 Å². The first kappa shape index (κ1) is 32.1. The standard InChI is InChI=1S/C33H45N4O6/c1-7-20-19(6)32(42)37-27(20)14-25-18(5)23(10-12-31(40)41)29(35-25)15-28-22(9-11-30(38)39)17(4)24(34-28)13-26-16(3)21(8-2)33(43)36-26/h14-15,19-20,22,26,32,34,37,42H,7-13H2,1-6H3,(H,36,43)(H,38,39)(H,40,41)/q-1/b27-14-,28-15-/t19-,20-,22?,26?,32?/m1/s1. The minimum absolute atomic E-state index is 0.00530. The van der Waals surface area contributed by atoms with E-state index in [9.17, 15) is 29.7 Å². The molecule has 4 heterocycles. The molecule has 4 rings (SSSR count). The molecule has 0 bridgehead atoms. The number of nitrogens with zero attached hydrogens (tertiary/aromatic N) is 1. The molecule has 3 aliphatic rings. The van der Waals surface area contributed by atoms with Gasteiger partial charge in [0.05, 0.1) is 6.04 Å². The molecule has 0 saturated carbocycles. The number of rotatable bonds is 12. The topological polar surface area (TPSA) is 162 Å². The van der Waals surface area contributed by atoms with Gasteiger partial charge in [0.25, 0.3) is 0 Å². The van der Waals surface area contributed by atoms with Gasteiger partial charge in [0.1, 0.15) is 6.23 Å². The normalized spacial score (nSPS) is 27.3. The second-order valence-electron chi connectivity index (χ2n) is 12.1. The molecular weight excluding hydrogens is 548 g/mol. The zero-order valence-electron chi connectivity index (χ0n) is 26.0. The summed E-state index contributed by atoms with van der Waals surface area (Å²) in [5.74, 6) is -1.78. The van der Waals surface area contributed by atoms with Gasteiger partial charge in [-0.2, -0.15) is 0 Å². The highest BCUT2D eigenvalue weighted by molar-refractivity contribution is 5.97. The quantitative estimate of drug-likeness (QED) is 0.208. The van der Waals surface area contributed by atoms with E-state index in [1.807, 2.05) is 46.8 Å². The first-order chi connectivity index (χ1) is 20.4. The predicted molar refractivity (Wildman–Crippen MR) is 164 cm³/mol. The summed E-state index contributed by atoms with van der Waals surface area (Å²) in [5, 5.41) is 39.1. The summed E-state index contributed by atoms with van der Waals surface area (Å²) in [7, 11) is 0. The van der Waals surface area contributed by atoms with Crippen molar-refractivity contribution in [3.05, 3.63) is 56.3 Å². The van der Waals surface area contributed by atoms with Gasteiger partial charge in [0, 0.05) is 59.7 Å². The molecule has 5 atom stereocenters. The second-order valence-corrected chi connectivity index (χ2v) is 12.1. The number of nitrogens with one attached hydrogen (secondary N) is 3. The lowest BCUT2D eigenvalue weighted by atomic mass is 9.91. The van der Waals surface area contributed by atoms with Gasteiger partial charge >= 0.3 is 11.9 Å². The number of aliphatic carboxylic acids is 2. The van der Waals surface area contributed by atoms with Gasteiger partial charge in [-0.15, -0.1) is 11.4 Å². The third-order valence-corrected chi connectivity index (χ3v) is 9.50. The zero-order chi connectivity index (χ0) is 31.6. The smallest absolute Gasteiger partial charge is 0.303 e. The number of aliphatic hydroxyl groups is 1. The van der Waals surface area contributed by atoms with E-state index in [0.717, 1.165) is 57.1 Å². The Morgan fingerprint density at radius 3 is 2.23 bits per heavy atom. The van der Waals surface area contributed by atoms with E-state index < -0.39 is 18.2 Å². The first-order valence-corrected chi connectivity index (χ1v) is 15.3. The molecule has 234 valence electrons. The lowest BCUT2D eigenvalue weighted by Gasteiger charge is -2.17. The maximum Gasteiger partial charge on any atom is 0.303 e. The fraction of sp³-hybridized carbons (Fsp3) is 0.545. The van der Waals surface area contributed by atoms with Crippen LogP contribution in [0.4, 0.5) is 0 Å². The van der Waals surface area contributed by atoms with E-state index in [-0.39, 0.29) is 42.5 Å². The summed E-state index contributed by atoms with van der Waals surface area (Å²) in [5.41, 5.74) is 8.65. The van der Waals surface area contributed by atoms with E-state index in [0.29, 0.717) is 31.4 Å². The van der Waals surface area contributed by atoms with Gasteiger partial charge < -0.3 is 36.3 Å². The van der Waals surface area contributed by atoms with Gasteiger partial charge in [0.2, 0.25) is 5.91 Å². The molecule has 0 aliphatic carbocycles. The van der Waals surface area contributed by atoms with Gasteiger partial charge in [-0.05, 0) is 57.6 Å². The summed E-state index contributed by atoms with van der Waals surface area (Å²) in [4.78, 5) is 40.5. The number of hydrogen-bond acceptors (Lipinski definition) is 6. The average Bonchev–Trinajstić information content (AvgIpc) is 3.59. The molecule has 6 N–H and O–H groups in total. The number of aliphatic hydroxyl groups excluding tert-OH is 1. The first-order valence-electron chi connectivity index (χ1n) is 15.3. The highest BCUT2D eigenvalue weighted by atomic mass is 16.4. The molecule has 0 aromatic carbocycles.